The fourth-order valence-electron chi connectivity index (χ4n) is 4.99. The molecule has 1 saturated carbocycles. The molecule has 3 atom stereocenters. The van der Waals surface area contributed by atoms with Gasteiger partial charge >= 0.3 is 0 Å². The van der Waals surface area contributed by atoms with Crippen molar-refractivity contribution in [2.24, 2.45) is 17.6 Å². The van der Waals surface area contributed by atoms with Gasteiger partial charge in [0.1, 0.15) is 0 Å². The highest BCUT2D eigenvalue weighted by molar-refractivity contribution is 6.22. The number of carbonyl (C=O) groups is 3. The van der Waals surface area contributed by atoms with Crippen LogP contribution in [0.5, 0.6) is 0 Å². The maximum absolute atomic E-state index is 13.0. The fourth-order valence-corrected chi connectivity index (χ4v) is 4.99. The van der Waals surface area contributed by atoms with E-state index in [0.29, 0.717) is 35.1 Å². The Labute approximate surface area is 181 Å². The SMILES string of the molecule is Cl.NC1CCC2CN(C(=O)c3ccc4c(c3)C(=O)N(Cc3ccccc3)C4=O)CC12. The van der Waals surface area contributed by atoms with Crippen LogP contribution in [0.25, 0.3) is 0 Å². The van der Waals surface area contributed by atoms with Gasteiger partial charge in [0.25, 0.3) is 17.7 Å². The number of carbonyl (C=O) groups excluding carboxylic acids is 3. The minimum absolute atomic E-state index is 0. The number of amides is 3. The Bertz CT molecular complexity index is 1010. The lowest BCUT2D eigenvalue weighted by Crippen LogP contribution is -2.33. The molecule has 0 spiro atoms. The van der Waals surface area contributed by atoms with Crippen molar-refractivity contribution in [2.75, 3.05) is 13.1 Å². The van der Waals surface area contributed by atoms with Crippen molar-refractivity contribution in [2.45, 2.75) is 25.4 Å². The molecular formula is C23H24ClN3O3. The average Bonchev–Trinajstić information content (AvgIpc) is 3.38. The summed E-state index contributed by atoms with van der Waals surface area (Å²) < 4.78 is 0. The van der Waals surface area contributed by atoms with Crippen LogP contribution >= 0.6 is 12.4 Å². The Morgan fingerprint density at radius 1 is 0.967 bits per heavy atom. The molecule has 0 radical (unpaired) electrons. The smallest absolute Gasteiger partial charge is 0.261 e. The van der Waals surface area contributed by atoms with E-state index in [-0.39, 0.29) is 42.7 Å². The lowest BCUT2D eigenvalue weighted by molar-refractivity contribution is 0.0642. The number of hydrogen-bond donors (Lipinski definition) is 1. The van der Waals surface area contributed by atoms with Gasteiger partial charge in [-0.25, -0.2) is 0 Å². The second-order valence-electron chi connectivity index (χ2n) is 8.32. The monoisotopic (exact) mass is 425 g/mol. The number of likely N-dealkylation sites (tertiary alicyclic amines) is 1. The normalized spacial score (nSPS) is 24.6. The number of halogens is 1. The van der Waals surface area contributed by atoms with Crippen molar-refractivity contribution >= 4 is 30.1 Å². The molecule has 6 nitrogen and oxygen atoms in total. The number of hydrogen-bond acceptors (Lipinski definition) is 4. The van der Waals surface area contributed by atoms with Gasteiger partial charge in [-0.05, 0) is 48.4 Å². The number of fused-ring (bicyclic) bond motifs is 2. The highest BCUT2D eigenvalue weighted by Crippen LogP contribution is 2.37. The number of benzene rings is 2. The van der Waals surface area contributed by atoms with Crippen molar-refractivity contribution in [1.82, 2.24) is 9.80 Å². The molecule has 156 valence electrons. The number of imide groups is 1. The molecule has 3 unspecified atom stereocenters. The van der Waals surface area contributed by atoms with E-state index >= 15 is 0 Å². The van der Waals surface area contributed by atoms with Crippen LogP contribution in [0.3, 0.4) is 0 Å². The molecule has 3 amide bonds. The van der Waals surface area contributed by atoms with Gasteiger partial charge in [0.2, 0.25) is 0 Å². The molecule has 3 aliphatic rings. The largest absolute Gasteiger partial charge is 0.338 e. The Hall–Kier alpha value is -2.70. The van der Waals surface area contributed by atoms with Crippen LogP contribution < -0.4 is 5.73 Å². The molecule has 0 aromatic heterocycles. The lowest BCUT2D eigenvalue weighted by atomic mass is 9.98. The zero-order valence-electron chi connectivity index (χ0n) is 16.5. The Kier molecular flexibility index (Phi) is 5.38. The van der Waals surface area contributed by atoms with Crippen LogP contribution in [-0.4, -0.2) is 46.7 Å². The molecule has 7 heteroatoms. The van der Waals surface area contributed by atoms with Crippen molar-refractivity contribution in [1.29, 1.82) is 0 Å². The van der Waals surface area contributed by atoms with Crippen molar-refractivity contribution in [3.05, 3.63) is 70.8 Å². The summed E-state index contributed by atoms with van der Waals surface area (Å²) in [5.41, 5.74) is 8.20. The number of rotatable bonds is 3. The standard InChI is InChI=1S/C23H23N3O3.ClH/c24-20-9-7-16-12-25(13-19(16)20)21(27)15-6-8-17-18(10-15)23(29)26(22(17)28)11-14-4-2-1-3-5-14;/h1-6,8,10,16,19-20H,7,9,11-13,24H2;1H. The second kappa shape index (κ2) is 7.85. The summed E-state index contributed by atoms with van der Waals surface area (Å²) in [6, 6.07) is 14.4. The first-order valence-electron chi connectivity index (χ1n) is 10.1. The van der Waals surface area contributed by atoms with E-state index < -0.39 is 0 Å². The molecule has 1 aliphatic carbocycles. The second-order valence-corrected chi connectivity index (χ2v) is 8.32. The zero-order valence-corrected chi connectivity index (χ0v) is 17.3. The summed E-state index contributed by atoms with van der Waals surface area (Å²) in [4.78, 5) is 41.7. The Balaban J connectivity index is 0.00000218. The van der Waals surface area contributed by atoms with Gasteiger partial charge in [-0.15, -0.1) is 12.4 Å². The molecule has 2 aromatic rings. The summed E-state index contributed by atoms with van der Waals surface area (Å²) in [6.45, 7) is 1.62. The van der Waals surface area contributed by atoms with Crippen LogP contribution in [0.15, 0.2) is 48.5 Å². The molecule has 1 saturated heterocycles. The van der Waals surface area contributed by atoms with E-state index in [0.717, 1.165) is 24.9 Å². The van der Waals surface area contributed by atoms with E-state index in [1.807, 2.05) is 35.2 Å². The fraction of sp³-hybridized carbons (Fsp3) is 0.348. The minimum atomic E-state index is -0.344. The first kappa shape index (κ1) is 20.6. The Morgan fingerprint density at radius 2 is 1.70 bits per heavy atom. The topological polar surface area (TPSA) is 83.7 Å². The Morgan fingerprint density at radius 3 is 2.43 bits per heavy atom. The molecule has 5 rings (SSSR count). The van der Waals surface area contributed by atoms with Crippen LogP contribution in [0, 0.1) is 11.8 Å². The van der Waals surface area contributed by atoms with Crippen LogP contribution in [0.4, 0.5) is 0 Å². The quantitative estimate of drug-likeness (QED) is 0.766. The summed E-state index contributed by atoms with van der Waals surface area (Å²) in [5, 5.41) is 0. The third-order valence-electron chi connectivity index (χ3n) is 6.60. The van der Waals surface area contributed by atoms with Crippen LogP contribution in [-0.2, 0) is 6.54 Å². The van der Waals surface area contributed by atoms with Gasteiger partial charge in [0, 0.05) is 24.7 Å². The first-order chi connectivity index (χ1) is 14.0. The third-order valence-corrected chi connectivity index (χ3v) is 6.60. The van der Waals surface area contributed by atoms with E-state index in [9.17, 15) is 14.4 Å². The summed E-state index contributed by atoms with van der Waals surface area (Å²) >= 11 is 0. The van der Waals surface area contributed by atoms with Crippen molar-refractivity contribution < 1.29 is 14.4 Å². The number of nitrogens with zero attached hydrogens (tertiary/aromatic N) is 2. The van der Waals surface area contributed by atoms with Crippen molar-refractivity contribution in [3.63, 3.8) is 0 Å². The maximum Gasteiger partial charge on any atom is 0.261 e. The van der Waals surface area contributed by atoms with E-state index in [2.05, 4.69) is 0 Å². The highest BCUT2D eigenvalue weighted by Gasteiger charge is 2.43. The summed E-state index contributed by atoms with van der Waals surface area (Å²) in [6.07, 6.45) is 2.10. The zero-order chi connectivity index (χ0) is 20.1. The van der Waals surface area contributed by atoms with E-state index in [1.54, 1.807) is 18.2 Å². The van der Waals surface area contributed by atoms with Crippen LogP contribution in [0.2, 0.25) is 0 Å². The van der Waals surface area contributed by atoms with E-state index in [1.165, 1.54) is 4.90 Å². The summed E-state index contributed by atoms with van der Waals surface area (Å²) in [7, 11) is 0. The van der Waals surface area contributed by atoms with Gasteiger partial charge in [-0.2, -0.15) is 0 Å². The molecule has 2 fully saturated rings. The van der Waals surface area contributed by atoms with Gasteiger partial charge in [-0.3, -0.25) is 19.3 Å². The molecule has 2 heterocycles. The highest BCUT2D eigenvalue weighted by atomic mass is 35.5. The third kappa shape index (κ3) is 3.30. The van der Waals surface area contributed by atoms with E-state index in [4.69, 9.17) is 5.73 Å². The molecular weight excluding hydrogens is 402 g/mol. The molecule has 2 N–H and O–H groups in total. The first-order valence-corrected chi connectivity index (χ1v) is 10.1. The molecule has 2 aliphatic heterocycles. The van der Waals surface area contributed by atoms with Crippen LogP contribution in [0.1, 0.15) is 49.5 Å². The summed E-state index contributed by atoms with van der Waals surface area (Å²) in [5.74, 6) is 0.111. The molecule has 0 bridgehead atoms. The predicted octanol–water partition coefficient (Wildman–Crippen LogP) is 2.71. The lowest BCUT2D eigenvalue weighted by Gasteiger charge is -2.19. The van der Waals surface area contributed by atoms with Gasteiger partial charge in [0.15, 0.2) is 0 Å². The van der Waals surface area contributed by atoms with Gasteiger partial charge < -0.3 is 10.6 Å². The van der Waals surface area contributed by atoms with Gasteiger partial charge in [-0.1, -0.05) is 30.3 Å². The molecule has 30 heavy (non-hydrogen) atoms. The van der Waals surface area contributed by atoms with Crippen molar-refractivity contribution in [3.8, 4) is 0 Å². The minimum Gasteiger partial charge on any atom is -0.338 e. The average molecular weight is 426 g/mol. The predicted molar refractivity (Wildman–Crippen MR) is 114 cm³/mol. The number of nitrogens with two attached hydrogens (primary N) is 1. The maximum atomic E-state index is 13.0. The van der Waals surface area contributed by atoms with Gasteiger partial charge in [0.05, 0.1) is 17.7 Å². The molecule has 2 aromatic carbocycles.